The van der Waals surface area contributed by atoms with Crippen molar-refractivity contribution in [3.63, 3.8) is 0 Å². The van der Waals surface area contributed by atoms with Crippen LogP contribution in [0.15, 0.2) is 23.6 Å². The van der Waals surface area contributed by atoms with Gasteiger partial charge in [-0.2, -0.15) is 0 Å². The second kappa shape index (κ2) is 5.87. The van der Waals surface area contributed by atoms with Crippen molar-refractivity contribution in [2.45, 2.75) is 19.8 Å². The first-order valence-corrected chi connectivity index (χ1v) is 6.86. The maximum Gasteiger partial charge on any atom is 0.182 e. The first-order valence-electron chi connectivity index (χ1n) is 5.98. The molecular formula is C14H18N2OS. The Morgan fingerprint density at radius 3 is 2.83 bits per heavy atom. The number of hydrogen-bond acceptors (Lipinski definition) is 4. The van der Waals surface area contributed by atoms with Crippen LogP contribution in [0.5, 0.6) is 5.75 Å². The molecule has 96 valence electrons. The van der Waals surface area contributed by atoms with Gasteiger partial charge in [0.25, 0.3) is 0 Å². The lowest BCUT2D eigenvalue weighted by atomic mass is 10.0. The van der Waals surface area contributed by atoms with Crippen LogP contribution in [-0.4, -0.2) is 19.1 Å². The molecule has 4 heteroatoms. The largest absolute Gasteiger partial charge is 0.496 e. The number of nitrogens with zero attached hydrogens (tertiary/aromatic N) is 1. The number of aromatic nitrogens is 1. The minimum absolute atomic E-state index is 0.942. The highest BCUT2D eigenvalue weighted by atomic mass is 32.1. The van der Waals surface area contributed by atoms with Crippen LogP contribution in [0.1, 0.15) is 16.8 Å². The summed E-state index contributed by atoms with van der Waals surface area (Å²) in [5.41, 5.74) is 3.64. The first kappa shape index (κ1) is 12.9. The van der Waals surface area contributed by atoms with E-state index in [-0.39, 0.29) is 0 Å². The van der Waals surface area contributed by atoms with Gasteiger partial charge in [0.15, 0.2) is 5.13 Å². The van der Waals surface area contributed by atoms with E-state index in [1.807, 2.05) is 13.1 Å². The second-order valence-electron chi connectivity index (χ2n) is 4.21. The summed E-state index contributed by atoms with van der Waals surface area (Å²) in [7, 11) is 3.61. The molecule has 0 aliphatic rings. The maximum atomic E-state index is 5.38. The molecule has 0 amide bonds. The third-order valence-corrected chi connectivity index (χ3v) is 3.76. The van der Waals surface area contributed by atoms with Gasteiger partial charge in [0, 0.05) is 12.4 Å². The molecule has 1 N–H and O–H groups in total. The SMILES string of the molecule is CNc1nc(CCc2cc(C)ccc2OC)cs1. The fraction of sp³-hybridized carbons (Fsp3) is 0.357. The van der Waals surface area contributed by atoms with Crippen molar-refractivity contribution in [3.05, 3.63) is 40.4 Å². The van der Waals surface area contributed by atoms with Gasteiger partial charge in [-0.05, 0) is 31.4 Å². The molecule has 0 atom stereocenters. The van der Waals surface area contributed by atoms with Gasteiger partial charge >= 0.3 is 0 Å². The molecule has 0 radical (unpaired) electrons. The number of benzene rings is 1. The van der Waals surface area contributed by atoms with Gasteiger partial charge in [0.1, 0.15) is 5.75 Å². The number of ether oxygens (including phenoxy) is 1. The van der Waals surface area contributed by atoms with Crippen LogP contribution in [0.4, 0.5) is 5.13 Å². The predicted octanol–water partition coefficient (Wildman–Crippen LogP) is 3.29. The molecule has 0 bridgehead atoms. The maximum absolute atomic E-state index is 5.38. The number of methoxy groups -OCH3 is 1. The van der Waals surface area contributed by atoms with Crippen LogP contribution in [0.25, 0.3) is 0 Å². The van der Waals surface area contributed by atoms with E-state index in [1.54, 1.807) is 18.4 Å². The fourth-order valence-corrected chi connectivity index (χ4v) is 2.61. The van der Waals surface area contributed by atoms with Crippen molar-refractivity contribution in [2.24, 2.45) is 0 Å². The molecule has 0 aliphatic carbocycles. The summed E-state index contributed by atoms with van der Waals surface area (Å²) < 4.78 is 5.38. The predicted molar refractivity (Wildman–Crippen MR) is 76.8 cm³/mol. The van der Waals surface area contributed by atoms with Crippen molar-refractivity contribution in [1.82, 2.24) is 4.98 Å². The Kier molecular flexibility index (Phi) is 4.20. The zero-order valence-electron chi connectivity index (χ0n) is 11.0. The zero-order valence-corrected chi connectivity index (χ0v) is 11.8. The molecule has 18 heavy (non-hydrogen) atoms. The second-order valence-corrected chi connectivity index (χ2v) is 5.07. The minimum Gasteiger partial charge on any atom is -0.496 e. The Morgan fingerprint density at radius 2 is 2.17 bits per heavy atom. The molecule has 0 saturated heterocycles. The van der Waals surface area contributed by atoms with Crippen molar-refractivity contribution < 1.29 is 4.74 Å². The number of nitrogens with one attached hydrogen (secondary N) is 1. The molecular weight excluding hydrogens is 244 g/mol. The lowest BCUT2D eigenvalue weighted by Crippen LogP contribution is -1.97. The van der Waals surface area contributed by atoms with Gasteiger partial charge in [-0.3, -0.25) is 0 Å². The lowest BCUT2D eigenvalue weighted by Gasteiger charge is -2.08. The fourth-order valence-electron chi connectivity index (χ4n) is 1.90. The minimum atomic E-state index is 0.942. The van der Waals surface area contributed by atoms with Gasteiger partial charge < -0.3 is 10.1 Å². The van der Waals surface area contributed by atoms with Crippen LogP contribution in [-0.2, 0) is 12.8 Å². The highest BCUT2D eigenvalue weighted by Crippen LogP contribution is 2.22. The highest BCUT2D eigenvalue weighted by molar-refractivity contribution is 7.13. The molecule has 1 aromatic heterocycles. The van der Waals surface area contributed by atoms with Crippen molar-refractivity contribution in [3.8, 4) is 5.75 Å². The smallest absolute Gasteiger partial charge is 0.182 e. The lowest BCUT2D eigenvalue weighted by molar-refractivity contribution is 0.409. The van der Waals surface area contributed by atoms with Crippen molar-refractivity contribution in [2.75, 3.05) is 19.5 Å². The van der Waals surface area contributed by atoms with Crippen LogP contribution in [0.3, 0.4) is 0 Å². The molecule has 2 aromatic rings. The Balaban J connectivity index is 2.07. The van der Waals surface area contributed by atoms with Crippen LogP contribution < -0.4 is 10.1 Å². The molecule has 1 heterocycles. The van der Waals surface area contributed by atoms with E-state index in [0.29, 0.717) is 0 Å². The summed E-state index contributed by atoms with van der Waals surface area (Å²) in [4.78, 5) is 4.49. The van der Waals surface area contributed by atoms with Gasteiger partial charge in [-0.25, -0.2) is 4.98 Å². The van der Waals surface area contributed by atoms with Gasteiger partial charge in [-0.15, -0.1) is 11.3 Å². The highest BCUT2D eigenvalue weighted by Gasteiger charge is 2.06. The summed E-state index contributed by atoms with van der Waals surface area (Å²) in [5.74, 6) is 0.963. The molecule has 0 fully saturated rings. The molecule has 0 saturated carbocycles. The Morgan fingerprint density at radius 1 is 1.33 bits per heavy atom. The summed E-state index contributed by atoms with van der Waals surface area (Å²) in [6.07, 6.45) is 1.90. The van der Waals surface area contributed by atoms with E-state index in [2.05, 4.69) is 34.7 Å². The molecule has 3 nitrogen and oxygen atoms in total. The number of thiazole rings is 1. The molecule has 1 aromatic carbocycles. The third-order valence-electron chi connectivity index (χ3n) is 2.85. The molecule has 0 unspecified atom stereocenters. The van der Waals surface area contributed by atoms with Gasteiger partial charge in [-0.1, -0.05) is 17.7 Å². The standard InChI is InChI=1S/C14H18N2OS/c1-10-4-7-13(17-3)11(8-10)5-6-12-9-18-14(15-2)16-12/h4,7-9H,5-6H2,1-3H3,(H,15,16). The van der Waals surface area contributed by atoms with Gasteiger partial charge in [0.2, 0.25) is 0 Å². The van der Waals surface area contributed by atoms with E-state index in [0.717, 1.165) is 29.4 Å². The van der Waals surface area contributed by atoms with E-state index >= 15 is 0 Å². The molecule has 0 aliphatic heterocycles. The normalized spacial score (nSPS) is 10.4. The quantitative estimate of drug-likeness (QED) is 0.898. The van der Waals surface area contributed by atoms with Crippen LogP contribution >= 0.6 is 11.3 Å². The monoisotopic (exact) mass is 262 g/mol. The molecule has 2 rings (SSSR count). The summed E-state index contributed by atoms with van der Waals surface area (Å²) >= 11 is 1.64. The average molecular weight is 262 g/mol. The topological polar surface area (TPSA) is 34.2 Å². The van der Waals surface area contributed by atoms with Crippen LogP contribution in [0.2, 0.25) is 0 Å². The summed E-state index contributed by atoms with van der Waals surface area (Å²) in [6, 6.07) is 6.29. The number of anilines is 1. The average Bonchev–Trinajstić information content (AvgIpc) is 2.84. The Hall–Kier alpha value is -1.55. The van der Waals surface area contributed by atoms with E-state index < -0.39 is 0 Å². The van der Waals surface area contributed by atoms with E-state index in [1.165, 1.54) is 11.1 Å². The number of rotatable bonds is 5. The first-order chi connectivity index (χ1) is 8.72. The summed E-state index contributed by atoms with van der Waals surface area (Å²) in [5, 5.41) is 6.14. The van der Waals surface area contributed by atoms with Crippen molar-refractivity contribution >= 4 is 16.5 Å². The van der Waals surface area contributed by atoms with E-state index in [4.69, 9.17) is 4.74 Å². The van der Waals surface area contributed by atoms with E-state index in [9.17, 15) is 0 Å². The third kappa shape index (κ3) is 3.01. The number of hydrogen-bond donors (Lipinski definition) is 1. The van der Waals surface area contributed by atoms with Gasteiger partial charge in [0.05, 0.1) is 12.8 Å². The van der Waals surface area contributed by atoms with Crippen LogP contribution in [0, 0.1) is 6.92 Å². The number of aryl methyl sites for hydroxylation is 3. The Bertz CT molecular complexity index is 522. The van der Waals surface area contributed by atoms with Crippen molar-refractivity contribution in [1.29, 1.82) is 0 Å². The molecule has 0 spiro atoms. The zero-order chi connectivity index (χ0) is 13.0. The Labute approximate surface area is 112 Å². The summed E-state index contributed by atoms with van der Waals surface area (Å²) in [6.45, 7) is 2.10.